The van der Waals surface area contributed by atoms with E-state index in [9.17, 15) is 4.79 Å². The number of carbonyl (C=O) groups is 1. The lowest BCUT2D eigenvalue weighted by Crippen LogP contribution is -2.39. The Morgan fingerprint density at radius 3 is 2.27 bits per heavy atom. The van der Waals surface area contributed by atoms with Crippen LogP contribution in [0.4, 0.5) is 0 Å². The van der Waals surface area contributed by atoms with Gasteiger partial charge in [-0.1, -0.05) is 13.3 Å². The largest absolute Gasteiger partial charge is 0.493 e. The van der Waals surface area contributed by atoms with Crippen LogP contribution in [0.1, 0.15) is 44.7 Å². The van der Waals surface area contributed by atoms with Gasteiger partial charge >= 0.3 is 0 Å². The first-order valence-corrected chi connectivity index (χ1v) is 8.06. The summed E-state index contributed by atoms with van der Waals surface area (Å²) < 4.78 is 10.8. The second-order valence-electron chi connectivity index (χ2n) is 6.23. The molecule has 0 spiro atoms. The van der Waals surface area contributed by atoms with Crippen molar-refractivity contribution in [1.82, 2.24) is 4.90 Å². The van der Waals surface area contributed by atoms with E-state index in [0.717, 1.165) is 30.8 Å². The molecule has 0 aromatic heterocycles. The van der Waals surface area contributed by atoms with Gasteiger partial charge in [-0.25, -0.2) is 0 Å². The molecule has 1 aliphatic rings. The van der Waals surface area contributed by atoms with Gasteiger partial charge in [0.05, 0.1) is 14.2 Å². The van der Waals surface area contributed by atoms with E-state index in [1.807, 2.05) is 17.0 Å². The van der Waals surface area contributed by atoms with Crippen molar-refractivity contribution in [2.24, 2.45) is 5.92 Å². The fourth-order valence-electron chi connectivity index (χ4n) is 3.16. The average molecular weight is 305 g/mol. The zero-order chi connectivity index (χ0) is 16.3. The Balaban J connectivity index is 2.47. The maximum Gasteiger partial charge on any atom is 0.226 e. The van der Waals surface area contributed by atoms with Crippen LogP contribution in [0.5, 0.6) is 11.5 Å². The highest BCUT2D eigenvalue weighted by Crippen LogP contribution is 2.35. The third kappa shape index (κ3) is 3.21. The van der Waals surface area contributed by atoms with Gasteiger partial charge in [0.15, 0.2) is 11.5 Å². The van der Waals surface area contributed by atoms with E-state index in [2.05, 4.69) is 20.8 Å². The van der Waals surface area contributed by atoms with Gasteiger partial charge in [0.2, 0.25) is 5.91 Å². The first-order chi connectivity index (χ1) is 10.5. The molecule has 0 bridgehead atoms. The minimum atomic E-state index is 0.0618. The summed E-state index contributed by atoms with van der Waals surface area (Å²) in [6, 6.07) is 4.25. The molecular formula is C18H27NO3. The third-order valence-electron chi connectivity index (χ3n) is 4.41. The Kier molecular flexibility index (Phi) is 5.33. The van der Waals surface area contributed by atoms with Gasteiger partial charge in [0.1, 0.15) is 0 Å². The van der Waals surface area contributed by atoms with E-state index in [-0.39, 0.29) is 17.9 Å². The fraction of sp³-hybridized carbons (Fsp3) is 0.611. The molecule has 0 saturated heterocycles. The fourth-order valence-corrected chi connectivity index (χ4v) is 3.16. The smallest absolute Gasteiger partial charge is 0.226 e. The summed E-state index contributed by atoms with van der Waals surface area (Å²) >= 11 is 0. The van der Waals surface area contributed by atoms with E-state index >= 15 is 0 Å². The van der Waals surface area contributed by atoms with Crippen molar-refractivity contribution in [3.05, 3.63) is 23.3 Å². The number of amides is 1. The van der Waals surface area contributed by atoms with Gasteiger partial charge in [-0.15, -0.1) is 0 Å². The number of hydrogen-bond donors (Lipinski definition) is 0. The van der Waals surface area contributed by atoms with Crippen LogP contribution in [0, 0.1) is 5.92 Å². The summed E-state index contributed by atoms with van der Waals surface area (Å²) in [6.07, 6.45) is 2.73. The lowest BCUT2D eigenvalue weighted by atomic mass is 9.93. The average Bonchev–Trinajstić information content (AvgIpc) is 2.63. The molecule has 0 radical (unpaired) electrons. The number of ether oxygens (including phenoxy) is 2. The molecule has 0 fully saturated rings. The number of nitrogens with zero attached hydrogens (tertiary/aromatic N) is 1. The standard InChI is InChI=1S/C18H27NO3/c1-6-7-13-8-14-9-16(21-4)17(22-5)10-15(14)11-19(12(2)3)18(13)20/h9-10,12-13H,6-8,11H2,1-5H3. The first kappa shape index (κ1) is 16.7. The predicted octanol–water partition coefficient (Wildman–Crippen LogP) is 3.41. The third-order valence-corrected chi connectivity index (χ3v) is 4.41. The van der Waals surface area contributed by atoms with E-state index in [1.54, 1.807) is 14.2 Å². The van der Waals surface area contributed by atoms with Crippen molar-refractivity contribution < 1.29 is 14.3 Å². The van der Waals surface area contributed by atoms with Crippen LogP contribution in [0.2, 0.25) is 0 Å². The van der Waals surface area contributed by atoms with Crippen molar-refractivity contribution in [1.29, 1.82) is 0 Å². The van der Waals surface area contributed by atoms with Crippen molar-refractivity contribution in [2.75, 3.05) is 14.2 Å². The van der Waals surface area contributed by atoms with Gasteiger partial charge in [-0.05, 0) is 49.9 Å². The zero-order valence-corrected chi connectivity index (χ0v) is 14.3. The summed E-state index contributed by atoms with van der Waals surface area (Å²) in [5.41, 5.74) is 2.37. The minimum absolute atomic E-state index is 0.0618. The molecular weight excluding hydrogens is 278 g/mol. The number of methoxy groups -OCH3 is 2. The van der Waals surface area contributed by atoms with Crippen LogP contribution in [0.25, 0.3) is 0 Å². The first-order valence-electron chi connectivity index (χ1n) is 8.06. The molecule has 4 nitrogen and oxygen atoms in total. The number of fused-ring (bicyclic) bond motifs is 1. The number of rotatable bonds is 5. The van der Waals surface area contributed by atoms with E-state index in [1.165, 1.54) is 11.1 Å². The molecule has 1 heterocycles. The number of hydrogen-bond acceptors (Lipinski definition) is 3. The van der Waals surface area contributed by atoms with E-state index in [0.29, 0.717) is 6.54 Å². The predicted molar refractivity (Wildman–Crippen MR) is 87.3 cm³/mol. The topological polar surface area (TPSA) is 38.8 Å². The summed E-state index contributed by atoms with van der Waals surface area (Å²) in [5, 5.41) is 0. The van der Waals surface area contributed by atoms with Crippen LogP contribution >= 0.6 is 0 Å². The summed E-state index contributed by atoms with van der Waals surface area (Å²) in [6.45, 7) is 6.93. The van der Waals surface area contributed by atoms with Crippen molar-refractivity contribution in [3.63, 3.8) is 0 Å². The summed E-state index contributed by atoms with van der Waals surface area (Å²) in [5.74, 6) is 1.80. The molecule has 1 atom stereocenters. The van der Waals surface area contributed by atoms with Gasteiger partial charge in [-0.3, -0.25) is 4.79 Å². The summed E-state index contributed by atoms with van der Waals surface area (Å²) in [7, 11) is 3.29. The van der Waals surface area contributed by atoms with Gasteiger partial charge in [0, 0.05) is 18.5 Å². The molecule has 1 aromatic rings. The molecule has 0 N–H and O–H groups in total. The molecule has 1 amide bonds. The van der Waals surface area contributed by atoms with Crippen LogP contribution < -0.4 is 9.47 Å². The maximum atomic E-state index is 12.8. The molecule has 4 heteroatoms. The zero-order valence-electron chi connectivity index (χ0n) is 14.3. The molecule has 2 rings (SSSR count). The Hall–Kier alpha value is -1.71. The van der Waals surface area contributed by atoms with Crippen LogP contribution in [-0.4, -0.2) is 31.1 Å². The highest BCUT2D eigenvalue weighted by Gasteiger charge is 2.31. The maximum absolute atomic E-state index is 12.8. The highest BCUT2D eigenvalue weighted by molar-refractivity contribution is 5.80. The Morgan fingerprint density at radius 1 is 1.18 bits per heavy atom. The quantitative estimate of drug-likeness (QED) is 0.837. The van der Waals surface area contributed by atoms with Gasteiger partial charge in [-0.2, -0.15) is 0 Å². The van der Waals surface area contributed by atoms with Crippen LogP contribution in [0.3, 0.4) is 0 Å². The lowest BCUT2D eigenvalue weighted by Gasteiger charge is -2.28. The molecule has 22 heavy (non-hydrogen) atoms. The number of benzene rings is 1. The monoisotopic (exact) mass is 305 g/mol. The second-order valence-corrected chi connectivity index (χ2v) is 6.23. The molecule has 122 valence electrons. The molecule has 0 aliphatic carbocycles. The summed E-state index contributed by atoms with van der Waals surface area (Å²) in [4.78, 5) is 14.8. The molecule has 1 aliphatic heterocycles. The highest BCUT2D eigenvalue weighted by atomic mass is 16.5. The Bertz CT molecular complexity index is 539. The molecule has 0 saturated carbocycles. The molecule has 1 unspecified atom stereocenters. The number of carbonyl (C=O) groups excluding carboxylic acids is 1. The Labute approximate surface area is 133 Å². The lowest BCUT2D eigenvalue weighted by molar-refractivity contribution is -0.137. The molecule has 1 aromatic carbocycles. The second kappa shape index (κ2) is 7.03. The SMILES string of the molecule is CCCC1Cc2cc(OC)c(OC)cc2CN(C(C)C)C1=O. The van der Waals surface area contributed by atoms with E-state index < -0.39 is 0 Å². The van der Waals surface area contributed by atoms with Crippen molar-refractivity contribution in [2.45, 2.75) is 52.6 Å². The van der Waals surface area contributed by atoms with Crippen LogP contribution in [-0.2, 0) is 17.8 Å². The van der Waals surface area contributed by atoms with Gasteiger partial charge < -0.3 is 14.4 Å². The van der Waals surface area contributed by atoms with Crippen molar-refractivity contribution in [3.8, 4) is 11.5 Å². The van der Waals surface area contributed by atoms with Crippen LogP contribution in [0.15, 0.2) is 12.1 Å². The normalized spacial score (nSPS) is 18.2. The minimum Gasteiger partial charge on any atom is -0.493 e. The van der Waals surface area contributed by atoms with Crippen molar-refractivity contribution >= 4 is 5.91 Å². The van der Waals surface area contributed by atoms with Gasteiger partial charge in [0.25, 0.3) is 0 Å². The van der Waals surface area contributed by atoms with E-state index in [4.69, 9.17) is 9.47 Å². The Morgan fingerprint density at radius 2 is 1.77 bits per heavy atom.